The SMILES string of the molecule is Cc1ccc(Nc2cc(C(=O)O)c(Nc3ccc(C)cc3)cc2C(=O)O)cc1. The Bertz CT molecular complexity index is 940. The van der Waals surface area contributed by atoms with E-state index >= 15 is 0 Å². The molecular formula is C22H20N2O4. The molecule has 0 aliphatic heterocycles. The third kappa shape index (κ3) is 4.29. The molecule has 3 aromatic rings. The lowest BCUT2D eigenvalue weighted by Crippen LogP contribution is -2.09. The predicted molar refractivity (Wildman–Crippen MR) is 109 cm³/mol. The molecule has 28 heavy (non-hydrogen) atoms. The van der Waals surface area contributed by atoms with E-state index in [0.29, 0.717) is 11.4 Å². The van der Waals surface area contributed by atoms with Crippen molar-refractivity contribution >= 4 is 34.7 Å². The Morgan fingerprint density at radius 2 is 0.964 bits per heavy atom. The van der Waals surface area contributed by atoms with Crippen LogP contribution in [0.3, 0.4) is 0 Å². The standard InChI is InChI=1S/C22H20N2O4/c1-13-3-7-15(8-4-13)23-19-11-18(22(27)28)20(12-17(19)21(25)26)24-16-9-5-14(2)6-10-16/h3-12,23-24H,1-2H3,(H,25,26)(H,27,28). The third-order valence-electron chi connectivity index (χ3n) is 4.28. The summed E-state index contributed by atoms with van der Waals surface area (Å²) in [6.45, 7) is 3.89. The van der Waals surface area contributed by atoms with Crippen LogP contribution < -0.4 is 10.6 Å². The number of hydrogen-bond acceptors (Lipinski definition) is 4. The van der Waals surface area contributed by atoms with Gasteiger partial charge in [0.15, 0.2) is 0 Å². The Kier molecular flexibility index (Phi) is 5.31. The van der Waals surface area contributed by atoms with Crippen molar-refractivity contribution < 1.29 is 19.8 Å². The monoisotopic (exact) mass is 376 g/mol. The second-order valence-electron chi connectivity index (χ2n) is 6.54. The molecule has 0 saturated carbocycles. The molecule has 6 nitrogen and oxygen atoms in total. The molecule has 0 atom stereocenters. The Morgan fingerprint density at radius 1 is 0.643 bits per heavy atom. The average Bonchev–Trinajstić information content (AvgIpc) is 2.66. The van der Waals surface area contributed by atoms with Gasteiger partial charge in [0.1, 0.15) is 0 Å². The summed E-state index contributed by atoms with van der Waals surface area (Å²) in [7, 11) is 0. The first-order valence-electron chi connectivity index (χ1n) is 8.65. The fraction of sp³-hybridized carbons (Fsp3) is 0.0909. The van der Waals surface area contributed by atoms with Crippen LogP contribution in [0.1, 0.15) is 31.8 Å². The van der Waals surface area contributed by atoms with Crippen LogP contribution >= 0.6 is 0 Å². The Hall–Kier alpha value is -3.80. The van der Waals surface area contributed by atoms with Crippen LogP contribution in [0, 0.1) is 13.8 Å². The maximum atomic E-state index is 11.8. The van der Waals surface area contributed by atoms with Crippen molar-refractivity contribution in [2.75, 3.05) is 10.6 Å². The minimum Gasteiger partial charge on any atom is -0.478 e. The number of carbonyl (C=O) groups is 2. The highest BCUT2D eigenvalue weighted by atomic mass is 16.4. The van der Waals surface area contributed by atoms with Crippen LogP contribution in [-0.2, 0) is 0 Å². The summed E-state index contributed by atoms with van der Waals surface area (Å²) in [5.41, 5.74) is 3.83. The van der Waals surface area contributed by atoms with Gasteiger partial charge in [-0.2, -0.15) is 0 Å². The minimum absolute atomic E-state index is 0.0276. The van der Waals surface area contributed by atoms with Gasteiger partial charge in [-0.15, -0.1) is 0 Å². The number of hydrogen-bond donors (Lipinski definition) is 4. The molecule has 0 aromatic heterocycles. The lowest BCUT2D eigenvalue weighted by atomic mass is 10.0. The van der Waals surface area contributed by atoms with Gasteiger partial charge in [0.25, 0.3) is 0 Å². The van der Waals surface area contributed by atoms with Crippen LogP contribution in [-0.4, -0.2) is 22.2 Å². The molecular weight excluding hydrogens is 356 g/mol. The van der Waals surface area contributed by atoms with E-state index in [1.165, 1.54) is 12.1 Å². The second-order valence-corrected chi connectivity index (χ2v) is 6.54. The smallest absolute Gasteiger partial charge is 0.337 e. The van der Waals surface area contributed by atoms with E-state index in [0.717, 1.165) is 11.1 Å². The van der Waals surface area contributed by atoms with E-state index in [1.54, 1.807) is 24.3 Å². The van der Waals surface area contributed by atoms with Gasteiger partial charge in [-0.25, -0.2) is 9.59 Å². The molecule has 0 spiro atoms. The molecule has 0 bridgehead atoms. The topological polar surface area (TPSA) is 98.7 Å². The molecule has 0 unspecified atom stereocenters. The molecule has 4 N–H and O–H groups in total. The number of benzene rings is 3. The van der Waals surface area contributed by atoms with Crippen molar-refractivity contribution in [3.8, 4) is 0 Å². The Morgan fingerprint density at radius 3 is 1.25 bits per heavy atom. The highest BCUT2D eigenvalue weighted by Crippen LogP contribution is 2.30. The maximum Gasteiger partial charge on any atom is 0.337 e. The van der Waals surface area contributed by atoms with Gasteiger partial charge in [-0.05, 0) is 50.2 Å². The molecule has 142 valence electrons. The fourth-order valence-electron chi connectivity index (χ4n) is 2.75. The largest absolute Gasteiger partial charge is 0.478 e. The van der Waals surface area contributed by atoms with Crippen LogP contribution in [0.4, 0.5) is 22.7 Å². The van der Waals surface area contributed by atoms with Crippen LogP contribution in [0.2, 0.25) is 0 Å². The van der Waals surface area contributed by atoms with Crippen molar-refractivity contribution in [3.63, 3.8) is 0 Å². The Labute approximate surface area is 162 Å². The third-order valence-corrected chi connectivity index (χ3v) is 4.28. The zero-order valence-electron chi connectivity index (χ0n) is 15.5. The number of carboxylic acids is 2. The zero-order valence-corrected chi connectivity index (χ0v) is 15.5. The molecule has 0 fully saturated rings. The van der Waals surface area contributed by atoms with Crippen molar-refractivity contribution in [1.29, 1.82) is 0 Å². The molecule has 0 saturated heterocycles. The summed E-state index contributed by atoms with van der Waals surface area (Å²) in [6, 6.07) is 17.4. The molecule has 0 radical (unpaired) electrons. The van der Waals surface area contributed by atoms with Gasteiger partial charge in [0.2, 0.25) is 0 Å². The summed E-state index contributed by atoms with van der Waals surface area (Å²) >= 11 is 0. The van der Waals surface area contributed by atoms with Gasteiger partial charge in [-0.3, -0.25) is 0 Å². The average molecular weight is 376 g/mol. The van der Waals surface area contributed by atoms with Crippen LogP contribution in [0.25, 0.3) is 0 Å². The Balaban J connectivity index is 2.04. The van der Waals surface area contributed by atoms with E-state index in [1.807, 2.05) is 38.1 Å². The van der Waals surface area contributed by atoms with E-state index in [2.05, 4.69) is 10.6 Å². The maximum absolute atomic E-state index is 11.8. The lowest BCUT2D eigenvalue weighted by molar-refractivity contribution is 0.0683. The molecule has 6 heteroatoms. The molecule has 0 aliphatic rings. The van der Waals surface area contributed by atoms with Gasteiger partial charge in [0, 0.05) is 11.4 Å². The second kappa shape index (κ2) is 7.84. The predicted octanol–water partition coefficient (Wildman–Crippen LogP) is 5.19. The number of aryl methyl sites for hydroxylation is 2. The molecule has 0 aliphatic carbocycles. The summed E-state index contributed by atoms with van der Waals surface area (Å²) < 4.78 is 0. The van der Waals surface area contributed by atoms with Crippen LogP contribution in [0.15, 0.2) is 60.7 Å². The van der Waals surface area contributed by atoms with E-state index in [-0.39, 0.29) is 22.5 Å². The number of aromatic carboxylic acids is 2. The quantitative estimate of drug-likeness (QED) is 0.473. The molecule has 0 heterocycles. The van der Waals surface area contributed by atoms with Gasteiger partial charge < -0.3 is 20.8 Å². The summed E-state index contributed by atoms with van der Waals surface area (Å²) in [4.78, 5) is 23.6. The summed E-state index contributed by atoms with van der Waals surface area (Å²) in [6.07, 6.45) is 0. The van der Waals surface area contributed by atoms with E-state index in [9.17, 15) is 19.8 Å². The van der Waals surface area contributed by atoms with Crippen molar-refractivity contribution in [2.45, 2.75) is 13.8 Å². The van der Waals surface area contributed by atoms with Gasteiger partial charge in [-0.1, -0.05) is 35.4 Å². The van der Waals surface area contributed by atoms with Crippen LogP contribution in [0.5, 0.6) is 0 Å². The zero-order chi connectivity index (χ0) is 20.3. The number of nitrogens with one attached hydrogen (secondary N) is 2. The fourth-order valence-corrected chi connectivity index (χ4v) is 2.75. The van der Waals surface area contributed by atoms with E-state index in [4.69, 9.17) is 0 Å². The van der Waals surface area contributed by atoms with Crippen molar-refractivity contribution in [3.05, 3.63) is 82.9 Å². The molecule has 3 aromatic carbocycles. The van der Waals surface area contributed by atoms with E-state index < -0.39 is 11.9 Å². The number of anilines is 4. The van der Waals surface area contributed by atoms with Crippen molar-refractivity contribution in [2.24, 2.45) is 0 Å². The molecule has 0 amide bonds. The first-order chi connectivity index (χ1) is 13.3. The summed E-state index contributed by atoms with van der Waals surface area (Å²) in [5, 5.41) is 25.3. The van der Waals surface area contributed by atoms with Gasteiger partial charge in [0.05, 0.1) is 22.5 Å². The van der Waals surface area contributed by atoms with Crippen molar-refractivity contribution in [1.82, 2.24) is 0 Å². The summed E-state index contributed by atoms with van der Waals surface area (Å²) in [5.74, 6) is -2.31. The molecule has 3 rings (SSSR count). The minimum atomic E-state index is -1.15. The number of rotatable bonds is 6. The highest BCUT2D eigenvalue weighted by Gasteiger charge is 2.19. The first kappa shape index (κ1) is 19.0. The highest BCUT2D eigenvalue weighted by molar-refractivity contribution is 6.03. The first-order valence-corrected chi connectivity index (χ1v) is 8.65. The number of carboxylic acid groups (broad SMARTS) is 2. The van der Waals surface area contributed by atoms with Gasteiger partial charge >= 0.3 is 11.9 Å². The normalized spacial score (nSPS) is 10.4. The lowest BCUT2D eigenvalue weighted by Gasteiger charge is -2.16.